The Morgan fingerprint density at radius 2 is 2.20 bits per heavy atom. The molecule has 3 unspecified atom stereocenters. The van der Waals surface area contributed by atoms with Gasteiger partial charge in [-0.3, -0.25) is 9.88 Å². The van der Waals surface area contributed by atoms with E-state index < -0.39 is 0 Å². The van der Waals surface area contributed by atoms with Gasteiger partial charge in [0.25, 0.3) is 0 Å². The zero-order valence-electron chi connectivity index (χ0n) is 12.3. The number of nitrogens with zero attached hydrogens (tertiary/aromatic N) is 2. The molecular weight excluding hydrogens is 246 g/mol. The standard InChI is InChI=1S/C17H23N3/c1-12-8-15(12)11-20(2)17(10-18)14-5-6-16-13(9-14)4-3-7-19-16/h3-7,9,12,15,17H,8,10-11,18H2,1-2H3. The maximum atomic E-state index is 6.02. The first-order valence-corrected chi connectivity index (χ1v) is 7.44. The highest BCUT2D eigenvalue weighted by Crippen LogP contribution is 2.39. The lowest BCUT2D eigenvalue weighted by Gasteiger charge is -2.27. The number of aromatic nitrogens is 1. The van der Waals surface area contributed by atoms with Crippen molar-refractivity contribution in [1.82, 2.24) is 9.88 Å². The van der Waals surface area contributed by atoms with E-state index in [9.17, 15) is 0 Å². The van der Waals surface area contributed by atoms with Crippen LogP contribution in [-0.2, 0) is 0 Å². The molecule has 1 fully saturated rings. The Morgan fingerprint density at radius 1 is 1.40 bits per heavy atom. The number of fused-ring (bicyclic) bond motifs is 1. The minimum atomic E-state index is 0.299. The lowest BCUT2D eigenvalue weighted by molar-refractivity contribution is 0.237. The molecule has 0 spiro atoms. The van der Waals surface area contributed by atoms with Gasteiger partial charge < -0.3 is 5.73 Å². The average molecular weight is 269 g/mol. The summed E-state index contributed by atoms with van der Waals surface area (Å²) in [6, 6.07) is 10.9. The molecule has 0 radical (unpaired) electrons. The van der Waals surface area contributed by atoms with Crippen molar-refractivity contribution in [2.24, 2.45) is 17.6 Å². The number of pyridine rings is 1. The van der Waals surface area contributed by atoms with Gasteiger partial charge in [-0.2, -0.15) is 0 Å². The maximum Gasteiger partial charge on any atom is 0.0702 e. The second kappa shape index (κ2) is 5.51. The molecule has 1 aromatic heterocycles. The number of benzene rings is 1. The minimum Gasteiger partial charge on any atom is -0.329 e. The zero-order valence-corrected chi connectivity index (χ0v) is 12.3. The fraction of sp³-hybridized carbons (Fsp3) is 0.471. The van der Waals surface area contributed by atoms with Crippen LogP contribution in [0.15, 0.2) is 36.5 Å². The van der Waals surface area contributed by atoms with Gasteiger partial charge in [-0.25, -0.2) is 0 Å². The predicted octanol–water partition coefficient (Wildman–Crippen LogP) is 2.82. The van der Waals surface area contributed by atoms with Crippen LogP contribution in [0.4, 0.5) is 0 Å². The normalized spacial score (nSPS) is 23.2. The monoisotopic (exact) mass is 269 g/mol. The van der Waals surface area contributed by atoms with Crippen molar-refractivity contribution in [2.45, 2.75) is 19.4 Å². The molecule has 0 bridgehead atoms. The molecule has 2 N–H and O–H groups in total. The first-order valence-electron chi connectivity index (χ1n) is 7.44. The number of hydrogen-bond acceptors (Lipinski definition) is 3. The van der Waals surface area contributed by atoms with Gasteiger partial charge in [0.15, 0.2) is 0 Å². The smallest absolute Gasteiger partial charge is 0.0702 e. The van der Waals surface area contributed by atoms with Gasteiger partial charge in [0.05, 0.1) is 5.52 Å². The van der Waals surface area contributed by atoms with E-state index in [4.69, 9.17) is 5.73 Å². The van der Waals surface area contributed by atoms with Crippen LogP contribution in [0.2, 0.25) is 0 Å². The molecule has 1 aliphatic carbocycles. The van der Waals surface area contributed by atoms with Crippen molar-refractivity contribution >= 4 is 10.9 Å². The Morgan fingerprint density at radius 3 is 2.90 bits per heavy atom. The highest BCUT2D eigenvalue weighted by Gasteiger charge is 2.34. The third-order valence-corrected chi connectivity index (χ3v) is 4.57. The fourth-order valence-corrected chi connectivity index (χ4v) is 3.02. The van der Waals surface area contributed by atoms with Crippen molar-refractivity contribution in [3.8, 4) is 0 Å². The van der Waals surface area contributed by atoms with E-state index in [1.807, 2.05) is 12.3 Å². The molecule has 3 atom stereocenters. The van der Waals surface area contributed by atoms with Gasteiger partial charge >= 0.3 is 0 Å². The van der Waals surface area contributed by atoms with Crippen LogP contribution >= 0.6 is 0 Å². The van der Waals surface area contributed by atoms with Crippen molar-refractivity contribution in [3.63, 3.8) is 0 Å². The molecule has 1 aromatic carbocycles. The molecule has 0 amide bonds. The molecular formula is C17H23N3. The molecule has 106 valence electrons. The van der Waals surface area contributed by atoms with Crippen LogP contribution in [0.3, 0.4) is 0 Å². The highest BCUT2D eigenvalue weighted by molar-refractivity contribution is 5.79. The number of likely N-dealkylation sites (N-methyl/N-ethyl adjacent to an activating group) is 1. The summed E-state index contributed by atoms with van der Waals surface area (Å²) in [7, 11) is 2.19. The Balaban J connectivity index is 1.82. The van der Waals surface area contributed by atoms with Crippen LogP contribution in [0.25, 0.3) is 10.9 Å². The van der Waals surface area contributed by atoms with Crippen LogP contribution in [0.5, 0.6) is 0 Å². The lowest BCUT2D eigenvalue weighted by atomic mass is 10.0. The van der Waals surface area contributed by atoms with Gasteiger partial charge in [-0.15, -0.1) is 0 Å². The van der Waals surface area contributed by atoms with E-state index >= 15 is 0 Å². The summed E-state index contributed by atoms with van der Waals surface area (Å²) in [6.45, 7) is 4.13. The summed E-state index contributed by atoms with van der Waals surface area (Å²) in [4.78, 5) is 6.78. The van der Waals surface area contributed by atoms with E-state index in [-0.39, 0.29) is 0 Å². The predicted molar refractivity (Wildman–Crippen MR) is 83.4 cm³/mol. The Hall–Kier alpha value is -1.45. The van der Waals surface area contributed by atoms with Crippen molar-refractivity contribution < 1.29 is 0 Å². The van der Waals surface area contributed by atoms with E-state index in [1.54, 1.807) is 0 Å². The molecule has 0 saturated heterocycles. The van der Waals surface area contributed by atoms with Crippen molar-refractivity contribution in [3.05, 3.63) is 42.1 Å². The van der Waals surface area contributed by atoms with Crippen molar-refractivity contribution in [1.29, 1.82) is 0 Å². The number of nitrogens with two attached hydrogens (primary N) is 1. The van der Waals surface area contributed by atoms with Gasteiger partial charge in [0.2, 0.25) is 0 Å². The van der Waals surface area contributed by atoms with Crippen LogP contribution < -0.4 is 5.73 Å². The molecule has 3 nitrogen and oxygen atoms in total. The Bertz CT molecular complexity index is 596. The quantitative estimate of drug-likeness (QED) is 0.907. The first kappa shape index (κ1) is 13.5. The third-order valence-electron chi connectivity index (χ3n) is 4.57. The lowest BCUT2D eigenvalue weighted by Crippen LogP contribution is -2.32. The van der Waals surface area contributed by atoms with Crippen LogP contribution in [0.1, 0.15) is 24.9 Å². The van der Waals surface area contributed by atoms with Gasteiger partial charge in [-0.05, 0) is 49.1 Å². The molecule has 20 heavy (non-hydrogen) atoms. The van der Waals surface area contributed by atoms with Gasteiger partial charge in [0.1, 0.15) is 0 Å². The molecule has 3 heteroatoms. The molecule has 1 heterocycles. The molecule has 1 saturated carbocycles. The van der Waals surface area contributed by atoms with Crippen LogP contribution in [-0.4, -0.2) is 30.0 Å². The number of hydrogen-bond donors (Lipinski definition) is 1. The summed E-state index contributed by atoms with van der Waals surface area (Å²) in [6.07, 6.45) is 3.20. The summed E-state index contributed by atoms with van der Waals surface area (Å²) < 4.78 is 0. The van der Waals surface area contributed by atoms with E-state index in [1.165, 1.54) is 17.4 Å². The van der Waals surface area contributed by atoms with Crippen LogP contribution in [0, 0.1) is 11.8 Å². The average Bonchev–Trinajstić information content (AvgIpc) is 3.14. The summed E-state index contributed by atoms with van der Waals surface area (Å²) in [5.41, 5.74) is 8.37. The summed E-state index contributed by atoms with van der Waals surface area (Å²) in [5, 5.41) is 1.19. The second-order valence-electron chi connectivity index (χ2n) is 6.12. The maximum absolute atomic E-state index is 6.02. The van der Waals surface area contributed by atoms with Gasteiger partial charge in [-0.1, -0.05) is 19.1 Å². The SMILES string of the molecule is CC1CC1CN(C)C(CN)c1ccc2ncccc2c1. The van der Waals surface area contributed by atoms with Gasteiger partial charge in [0, 0.05) is 30.7 Å². The van der Waals surface area contributed by atoms with E-state index in [0.29, 0.717) is 12.6 Å². The zero-order chi connectivity index (χ0) is 14.1. The van der Waals surface area contributed by atoms with E-state index in [2.05, 4.69) is 48.1 Å². The first-order chi connectivity index (χ1) is 9.69. The molecule has 1 aliphatic rings. The molecule has 0 aliphatic heterocycles. The Labute approximate surface area is 120 Å². The number of rotatable bonds is 5. The highest BCUT2D eigenvalue weighted by atomic mass is 15.1. The van der Waals surface area contributed by atoms with Crippen molar-refractivity contribution in [2.75, 3.05) is 20.1 Å². The van der Waals surface area contributed by atoms with E-state index in [0.717, 1.165) is 23.9 Å². The largest absolute Gasteiger partial charge is 0.329 e. The summed E-state index contributed by atoms with van der Waals surface area (Å²) in [5.74, 6) is 1.74. The second-order valence-corrected chi connectivity index (χ2v) is 6.12. The Kier molecular flexibility index (Phi) is 3.72. The molecule has 2 aromatic rings. The third kappa shape index (κ3) is 2.69. The molecule has 3 rings (SSSR count). The fourth-order valence-electron chi connectivity index (χ4n) is 3.02. The summed E-state index contributed by atoms with van der Waals surface area (Å²) >= 11 is 0. The minimum absolute atomic E-state index is 0.299. The topological polar surface area (TPSA) is 42.1 Å².